The van der Waals surface area contributed by atoms with Crippen LogP contribution in [0.25, 0.3) is 11.4 Å². The van der Waals surface area contributed by atoms with Gasteiger partial charge in [0.2, 0.25) is 0 Å². The molecule has 1 saturated heterocycles. The number of H-pyrrole nitrogens is 1. The van der Waals surface area contributed by atoms with E-state index in [0.29, 0.717) is 0 Å². The van der Waals surface area contributed by atoms with Crippen LogP contribution in [0.5, 0.6) is 0 Å². The van der Waals surface area contributed by atoms with Crippen molar-refractivity contribution in [1.82, 2.24) is 20.2 Å². The third kappa shape index (κ3) is 6.65. The van der Waals surface area contributed by atoms with Crippen LogP contribution in [0.4, 0.5) is 0 Å². The number of halogens is 5. The average molecular weight is 643 g/mol. The monoisotopic (exact) mass is 640 g/mol. The summed E-state index contributed by atoms with van der Waals surface area (Å²) in [4.78, 5) is 11.7. The minimum atomic E-state index is -0.453. The van der Waals surface area contributed by atoms with Gasteiger partial charge >= 0.3 is 0 Å². The third-order valence-electron chi connectivity index (χ3n) is 7.64. The van der Waals surface area contributed by atoms with Gasteiger partial charge in [-0.25, -0.2) is 4.98 Å². The van der Waals surface area contributed by atoms with Crippen molar-refractivity contribution < 1.29 is 0 Å². The molecule has 1 atom stereocenters. The van der Waals surface area contributed by atoms with Gasteiger partial charge in [-0.2, -0.15) is 0 Å². The van der Waals surface area contributed by atoms with Crippen molar-refractivity contribution in [2.24, 2.45) is 5.92 Å². The van der Waals surface area contributed by atoms with Crippen LogP contribution in [-0.2, 0) is 5.54 Å². The molecule has 0 radical (unpaired) electrons. The summed E-state index contributed by atoms with van der Waals surface area (Å²) in [7, 11) is 0. The summed E-state index contributed by atoms with van der Waals surface area (Å²) in [6.07, 6.45) is 0. The SMILES string of the molecule is Cc1[nH]c(-c2ccccc2)nc1C(C(C)C)(C(c1cccc(Cl)c1)c1cccc(Cl)c1)N1CCNCC1.Cl.Cl.Cl. The van der Waals surface area contributed by atoms with E-state index in [0.717, 1.165) is 70.1 Å². The second kappa shape index (κ2) is 14.9. The Morgan fingerprint density at radius 3 is 1.85 bits per heavy atom. The zero-order valence-corrected chi connectivity index (χ0v) is 26.8. The number of aromatic amines is 1. The maximum Gasteiger partial charge on any atom is 0.137 e. The fraction of sp³-hybridized carbons (Fsp3) is 0.323. The smallest absolute Gasteiger partial charge is 0.137 e. The fourth-order valence-corrected chi connectivity index (χ4v) is 6.53. The summed E-state index contributed by atoms with van der Waals surface area (Å²) in [5, 5.41) is 5.00. The van der Waals surface area contributed by atoms with Gasteiger partial charge < -0.3 is 10.3 Å². The molecule has 2 N–H and O–H groups in total. The van der Waals surface area contributed by atoms with Gasteiger partial charge in [0, 0.05) is 53.4 Å². The van der Waals surface area contributed by atoms with Crippen LogP contribution in [0.3, 0.4) is 0 Å². The number of aromatic nitrogens is 2. The molecule has 0 amide bonds. The molecular formula is C31H37Cl5N4. The number of nitrogens with zero attached hydrogens (tertiary/aromatic N) is 2. The van der Waals surface area contributed by atoms with Crippen molar-refractivity contribution in [3.05, 3.63) is 111 Å². The van der Waals surface area contributed by atoms with Crippen LogP contribution in [0.15, 0.2) is 78.9 Å². The molecular weight excluding hydrogens is 606 g/mol. The van der Waals surface area contributed by atoms with E-state index in [1.807, 2.05) is 30.3 Å². The highest BCUT2D eigenvalue weighted by atomic mass is 35.5. The number of benzene rings is 3. The molecule has 0 saturated carbocycles. The Balaban J connectivity index is 0.00000187. The van der Waals surface area contributed by atoms with Crippen molar-refractivity contribution in [3.8, 4) is 11.4 Å². The second-order valence-corrected chi connectivity index (χ2v) is 11.1. The number of imidazole rings is 1. The number of hydrogen-bond donors (Lipinski definition) is 2. The molecule has 9 heteroatoms. The van der Waals surface area contributed by atoms with Crippen LogP contribution in [-0.4, -0.2) is 41.0 Å². The fourth-order valence-electron chi connectivity index (χ4n) is 6.13. The molecule has 3 aromatic carbocycles. The highest BCUT2D eigenvalue weighted by molar-refractivity contribution is 6.31. The number of nitrogens with one attached hydrogen (secondary N) is 2. The van der Waals surface area contributed by atoms with E-state index in [-0.39, 0.29) is 49.1 Å². The lowest BCUT2D eigenvalue weighted by atomic mass is 9.65. The lowest BCUT2D eigenvalue weighted by molar-refractivity contribution is 0.0108. The Labute approximate surface area is 266 Å². The molecule has 5 rings (SSSR count). The van der Waals surface area contributed by atoms with Crippen LogP contribution in [0, 0.1) is 12.8 Å². The summed E-state index contributed by atoms with van der Waals surface area (Å²) in [6.45, 7) is 10.5. The molecule has 2 heterocycles. The topological polar surface area (TPSA) is 44.0 Å². The zero-order chi connectivity index (χ0) is 26.0. The molecule has 0 bridgehead atoms. The zero-order valence-electron chi connectivity index (χ0n) is 22.9. The Morgan fingerprint density at radius 1 is 0.800 bits per heavy atom. The first-order valence-corrected chi connectivity index (χ1v) is 13.8. The van der Waals surface area contributed by atoms with Crippen molar-refractivity contribution in [3.63, 3.8) is 0 Å². The van der Waals surface area contributed by atoms with E-state index in [4.69, 9.17) is 28.2 Å². The first-order valence-electron chi connectivity index (χ1n) is 13.0. The molecule has 4 aromatic rings. The van der Waals surface area contributed by atoms with Crippen molar-refractivity contribution in [1.29, 1.82) is 0 Å². The van der Waals surface area contributed by atoms with Crippen LogP contribution in [0.1, 0.15) is 42.3 Å². The Bertz CT molecular complexity index is 1310. The minimum absolute atomic E-state index is 0. The van der Waals surface area contributed by atoms with Crippen molar-refractivity contribution in [2.75, 3.05) is 26.2 Å². The van der Waals surface area contributed by atoms with E-state index in [9.17, 15) is 0 Å². The summed E-state index contributed by atoms with van der Waals surface area (Å²) in [5.41, 5.74) is 5.10. The van der Waals surface area contributed by atoms with Gasteiger partial charge in [0.1, 0.15) is 5.82 Å². The predicted molar refractivity (Wildman–Crippen MR) is 176 cm³/mol. The Morgan fingerprint density at radius 2 is 1.35 bits per heavy atom. The summed E-state index contributed by atoms with van der Waals surface area (Å²) >= 11 is 13.2. The minimum Gasteiger partial charge on any atom is -0.342 e. The normalized spacial score (nSPS) is 15.1. The standard InChI is InChI=1S/C31H34Cl2N4.3ClH/c1-21(2)31(37-17-15-34-16-18-37,29-22(3)35-30(36-29)23-9-5-4-6-10-23)28(24-11-7-13-26(32)19-24)25-12-8-14-27(33)20-25;;;/h4-14,19-21,28,34H,15-18H2,1-3H3,(H,35,36);3*1H. The van der Waals surface area contributed by atoms with E-state index >= 15 is 0 Å². The Kier molecular flexibility index (Phi) is 12.9. The molecule has 1 unspecified atom stereocenters. The van der Waals surface area contributed by atoms with Gasteiger partial charge in [-0.1, -0.05) is 91.6 Å². The first kappa shape index (κ1) is 34.4. The van der Waals surface area contributed by atoms with Gasteiger partial charge in [-0.05, 0) is 48.2 Å². The van der Waals surface area contributed by atoms with Gasteiger partial charge in [0.15, 0.2) is 0 Å². The molecule has 0 aliphatic carbocycles. The maximum absolute atomic E-state index is 6.61. The molecule has 4 nitrogen and oxygen atoms in total. The van der Waals surface area contributed by atoms with E-state index in [2.05, 4.69) is 84.5 Å². The third-order valence-corrected chi connectivity index (χ3v) is 8.11. The van der Waals surface area contributed by atoms with E-state index in [1.165, 1.54) is 0 Å². The van der Waals surface area contributed by atoms with Crippen LogP contribution < -0.4 is 5.32 Å². The highest BCUT2D eigenvalue weighted by Gasteiger charge is 2.52. The lowest BCUT2D eigenvalue weighted by Crippen LogP contribution is -2.60. The van der Waals surface area contributed by atoms with Crippen LogP contribution >= 0.6 is 60.4 Å². The van der Waals surface area contributed by atoms with Crippen molar-refractivity contribution >= 4 is 60.4 Å². The van der Waals surface area contributed by atoms with Crippen molar-refractivity contribution in [2.45, 2.75) is 32.2 Å². The van der Waals surface area contributed by atoms with E-state index < -0.39 is 5.54 Å². The molecule has 1 fully saturated rings. The summed E-state index contributed by atoms with van der Waals surface area (Å²) < 4.78 is 0. The summed E-state index contributed by atoms with van der Waals surface area (Å²) in [6, 6.07) is 26.9. The maximum atomic E-state index is 6.61. The number of hydrogen-bond acceptors (Lipinski definition) is 3. The van der Waals surface area contributed by atoms with E-state index in [1.54, 1.807) is 0 Å². The molecule has 1 aliphatic rings. The summed E-state index contributed by atoms with van der Waals surface area (Å²) in [5.74, 6) is 1.07. The molecule has 1 aliphatic heterocycles. The van der Waals surface area contributed by atoms with Crippen LogP contribution in [0.2, 0.25) is 10.0 Å². The lowest BCUT2D eigenvalue weighted by Gasteiger charge is -2.53. The molecule has 1 aromatic heterocycles. The number of aryl methyl sites for hydroxylation is 1. The largest absolute Gasteiger partial charge is 0.342 e. The second-order valence-electron chi connectivity index (χ2n) is 10.2. The van der Waals surface area contributed by atoms with Gasteiger partial charge in [0.25, 0.3) is 0 Å². The van der Waals surface area contributed by atoms with Gasteiger partial charge in [0.05, 0.1) is 11.2 Å². The highest BCUT2D eigenvalue weighted by Crippen LogP contribution is 2.52. The Hall–Kier alpha value is -1.76. The average Bonchev–Trinajstić information content (AvgIpc) is 3.29. The molecule has 216 valence electrons. The first-order chi connectivity index (χ1) is 17.9. The van der Waals surface area contributed by atoms with Gasteiger partial charge in [-0.3, -0.25) is 4.90 Å². The van der Waals surface area contributed by atoms with Gasteiger partial charge in [-0.15, -0.1) is 37.2 Å². The molecule has 40 heavy (non-hydrogen) atoms. The molecule has 0 spiro atoms. The predicted octanol–water partition coefficient (Wildman–Crippen LogP) is 8.55. The quantitative estimate of drug-likeness (QED) is 0.212. The number of rotatable bonds is 7. The number of piperazine rings is 1.